The van der Waals surface area contributed by atoms with E-state index in [1.807, 2.05) is 30.3 Å². The third-order valence-electron chi connectivity index (χ3n) is 3.73. The maximum absolute atomic E-state index is 13.5. The molecule has 0 amide bonds. The van der Waals surface area contributed by atoms with Gasteiger partial charge in [0.1, 0.15) is 5.82 Å². The number of halogens is 3. The highest BCUT2D eigenvalue weighted by Gasteiger charge is 2.16. The number of nitrogens with zero attached hydrogens (tertiary/aromatic N) is 3. The van der Waals surface area contributed by atoms with Crippen molar-refractivity contribution in [2.24, 2.45) is 0 Å². The summed E-state index contributed by atoms with van der Waals surface area (Å²) in [6.45, 7) is 0. The Bertz CT molecular complexity index is 1090. The molecule has 2 heterocycles. The Morgan fingerprint density at radius 2 is 1.54 bits per heavy atom. The van der Waals surface area contributed by atoms with Gasteiger partial charge < -0.3 is 15.1 Å². The maximum Gasteiger partial charge on any atom is 0.320 e. The molecule has 0 aliphatic heterocycles. The number of nitrogens with one attached hydrogen (secondary N) is 2. The molecule has 0 spiro atoms. The fraction of sp³-hybridized carbons (Fsp3) is 0. The highest BCUT2D eigenvalue weighted by Crippen LogP contribution is 2.30. The normalized spacial score (nSPS) is 10.7. The number of para-hydroxylation sites is 1. The van der Waals surface area contributed by atoms with Crippen molar-refractivity contribution in [3.05, 3.63) is 78.2 Å². The Balaban J connectivity index is 1.62. The van der Waals surface area contributed by atoms with Crippen molar-refractivity contribution in [1.82, 2.24) is 15.2 Å². The second-order valence-corrected chi connectivity index (χ2v) is 5.68. The quantitative estimate of drug-likeness (QED) is 0.471. The molecule has 2 aromatic carbocycles. The molecule has 2 aromatic heterocycles. The van der Waals surface area contributed by atoms with Crippen LogP contribution in [0.25, 0.3) is 11.5 Å². The van der Waals surface area contributed by atoms with Crippen molar-refractivity contribution < 1.29 is 17.6 Å². The largest absolute Gasteiger partial charge is 0.403 e. The molecule has 0 radical (unpaired) electrons. The second-order valence-electron chi connectivity index (χ2n) is 5.68. The monoisotopic (exact) mass is 383 g/mol. The van der Waals surface area contributed by atoms with E-state index in [0.717, 1.165) is 17.8 Å². The summed E-state index contributed by atoms with van der Waals surface area (Å²) < 4.78 is 45.6. The van der Waals surface area contributed by atoms with Crippen LogP contribution in [0.5, 0.6) is 0 Å². The number of hydrogen-bond donors (Lipinski definition) is 2. The summed E-state index contributed by atoms with van der Waals surface area (Å²) in [5.74, 6) is -3.82. The Morgan fingerprint density at radius 3 is 2.29 bits per heavy atom. The summed E-state index contributed by atoms with van der Waals surface area (Å²) in [7, 11) is 0. The van der Waals surface area contributed by atoms with E-state index in [-0.39, 0.29) is 23.4 Å². The van der Waals surface area contributed by atoms with Crippen molar-refractivity contribution in [1.29, 1.82) is 0 Å². The highest BCUT2D eigenvalue weighted by atomic mass is 19.2. The number of hydrogen-bond acceptors (Lipinski definition) is 6. The van der Waals surface area contributed by atoms with Gasteiger partial charge in [0, 0.05) is 29.7 Å². The number of anilines is 4. The second kappa shape index (κ2) is 7.39. The fourth-order valence-electron chi connectivity index (χ4n) is 2.47. The number of aromatic nitrogens is 3. The predicted molar refractivity (Wildman–Crippen MR) is 96.9 cm³/mol. The van der Waals surface area contributed by atoms with Gasteiger partial charge >= 0.3 is 6.01 Å². The molecule has 0 saturated carbocycles. The van der Waals surface area contributed by atoms with Gasteiger partial charge in [-0.15, -0.1) is 5.10 Å². The lowest BCUT2D eigenvalue weighted by atomic mass is 10.2. The van der Waals surface area contributed by atoms with Gasteiger partial charge in [-0.05, 0) is 24.3 Å². The minimum Gasteiger partial charge on any atom is -0.403 e. The van der Waals surface area contributed by atoms with Crippen LogP contribution in [0.4, 0.5) is 36.4 Å². The van der Waals surface area contributed by atoms with E-state index in [2.05, 4.69) is 25.8 Å². The summed E-state index contributed by atoms with van der Waals surface area (Å²) in [4.78, 5) is 4.13. The lowest BCUT2D eigenvalue weighted by Gasteiger charge is -2.09. The van der Waals surface area contributed by atoms with Gasteiger partial charge in [0.15, 0.2) is 17.5 Å². The van der Waals surface area contributed by atoms with Crippen LogP contribution in [0.1, 0.15) is 0 Å². The van der Waals surface area contributed by atoms with E-state index < -0.39 is 17.5 Å². The molecule has 0 fully saturated rings. The number of rotatable bonds is 5. The molecule has 28 heavy (non-hydrogen) atoms. The van der Waals surface area contributed by atoms with Gasteiger partial charge in [-0.25, -0.2) is 18.2 Å². The van der Waals surface area contributed by atoms with Crippen LogP contribution >= 0.6 is 0 Å². The van der Waals surface area contributed by atoms with Crippen molar-refractivity contribution in [3.8, 4) is 11.5 Å². The van der Waals surface area contributed by atoms with Gasteiger partial charge in [-0.3, -0.25) is 0 Å². The smallest absolute Gasteiger partial charge is 0.320 e. The van der Waals surface area contributed by atoms with E-state index in [1.54, 1.807) is 12.1 Å². The fourth-order valence-corrected chi connectivity index (χ4v) is 2.47. The molecule has 4 rings (SSSR count). The summed E-state index contributed by atoms with van der Waals surface area (Å²) in [5.41, 5.74) is 1.15. The Morgan fingerprint density at radius 1 is 0.786 bits per heavy atom. The zero-order valence-corrected chi connectivity index (χ0v) is 14.2. The number of benzene rings is 2. The molecule has 0 unspecified atom stereocenters. The summed E-state index contributed by atoms with van der Waals surface area (Å²) in [6, 6.07) is 14.3. The van der Waals surface area contributed by atoms with Crippen LogP contribution in [-0.2, 0) is 0 Å². The standard InChI is InChI=1S/C19H12F3N5O/c20-14-9-12(10-15(21)16(14)22)24-17-13(7-4-8-23-17)18-26-27-19(28-18)25-11-5-2-1-3-6-11/h1-10H,(H,23,24)(H,25,27). The molecule has 6 nitrogen and oxygen atoms in total. The molecule has 0 aliphatic carbocycles. The molecule has 0 aliphatic rings. The SMILES string of the molecule is Fc1cc(Nc2ncccc2-c2nnc(Nc3ccccc3)o2)cc(F)c1F. The topological polar surface area (TPSA) is 75.9 Å². The first-order chi connectivity index (χ1) is 13.6. The Labute approximate surface area is 157 Å². The van der Waals surface area contributed by atoms with E-state index in [1.165, 1.54) is 6.20 Å². The first-order valence-corrected chi connectivity index (χ1v) is 8.12. The molecular weight excluding hydrogens is 371 g/mol. The van der Waals surface area contributed by atoms with E-state index in [0.29, 0.717) is 5.56 Å². The van der Waals surface area contributed by atoms with Crippen molar-refractivity contribution in [2.45, 2.75) is 0 Å². The molecule has 9 heteroatoms. The zero-order valence-electron chi connectivity index (χ0n) is 14.2. The average Bonchev–Trinajstić information content (AvgIpc) is 3.15. The highest BCUT2D eigenvalue weighted by molar-refractivity contribution is 5.73. The predicted octanol–water partition coefficient (Wildman–Crippen LogP) is 5.04. The van der Waals surface area contributed by atoms with E-state index in [4.69, 9.17) is 4.42 Å². The summed E-state index contributed by atoms with van der Waals surface area (Å²) >= 11 is 0. The lowest BCUT2D eigenvalue weighted by molar-refractivity contribution is 0.448. The molecular formula is C19H12F3N5O. The third kappa shape index (κ3) is 3.63. The molecule has 0 bridgehead atoms. The van der Waals surface area contributed by atoms with Gasteiger partial charge in [0.25, 0.3) is 5.89 Å². The Kier molecular flexibility index (Phi) is 4.63. The van der Waals surface area contributed by atoms with Crippen LogP contribution < -0.4 is 10.6 Å². The maximum atomic E-state index is 13.5. The van der Waals surface area contributed by atoms with Crippen molar-refractivity contribution >= 4 is 23.2 Å². The first kappa shape index (κ1) is 17.5. The molecule has 0 saturated heterocycles. The van der Waals surface area contributed by atoms with Gasteiger partial charge in [0.2, 0.25) is 0 Å². The first-order valence-electron chi connectivity index (χ1n) is 8.12. The minimum absolute atomic E-state index is 0.0153. The van der Waals surface area contributed by atoms with Crippen molar-refractivity contribution in [3.63, 3.8) is 0 Å². The Hall–Kier alpha value is -3.88. The van der Waals surface area contributed by atoms with Crippen LogP contribution in [-0.4, -0.2) is 15.2 Å². The molecule has 0 atom stereocenters. The average molecular weight is 383 g/mol. The molecule has 4 aromatic rings. The summed E-state index contributed by atoms with van der Waals surface area (Å²) in [5, 5.41) is 13.6. The minimum atomic E-state index is -1.54. The van der Waals surface area contributed by atoms with Crippen molar-refractivity contribution in [2.75, 3.05) is 10.6 Å². The molecule has 2 N–H and O–H groups in total. The zero-order chi connectivity index (χ0) is 19.5. The van der Waals surface area contributed by atoms with E-state index in [9.17, 15) is 13.2 Å². The van der Waals surface area contributed by atoms with Crippen LogP contribution in [0.2, 0.25) is 0 Å². The van der Waals surface area contributed by atoms with Gasteiger partial charge in [-0.2, -0.15) is 0 Å². The van der Waals surface area contributed by atoms with E-state index >= 15 is 0 Å². The lowest BCUT2D eigenvalue weighted by Crippen LogP contribution is -1.99. The van der Waals surface area contributed by atoms with Crippen LogP contribution in [0.3, 0.4) is 0 Å². The third-order valence-corrected chi connectivity index (χ3v) is 3.73. The summed E-state index contributed by atoms with van der Waals surface area (Å²) in [6.07, 6.45) is 1.47. The number of pyridine rings is 1. The van der Waals surface area contributed by atoms with Crippen LogP contribution in [0.15, 0.2) is 65.2 Å². The van der Waals surface area contributed by atoms with Gasteiger partial charge in [-0.1, -0.05) is 23.3 Å². The van der Waals surface area contributed by atoms with Gasteiger partial charge in [0.05, 0.1) is 5.56 Å². The molecule has 140 valence electrons. The van der Waals surface area contributed by atoms with Crippen LogP contribution in [0, 0.1) is 17.5 Å².